The van der Waals surface area contributed by atoms with Crippen molar-refractivity contribution in [2.75, 3.05) is 0 Å². The molecule has 0 aliphatic heterocycles. The van der Waals surface area contributed by atoms with Gasteiger partial charge in [-0.05, 0) is 36.8 Å². The number of carboxylic acid groups (broad SMARTS) is 1. The molecule has 0 amide bonds. The molecule has 2 nitrogen and oxygen atoms in total. The smallest absolute Gasteiger partial charge is 0.313 e. The van der Waals surface area contributed by atoms with Crippen LogP contribution < -0.4 is 0 Å². The summed E-state index contributed by atoms with van der Waals surface area (Å²) in [5.41, 5.74) is 1.54. The fourth-order valence-corrected chi connectivity index (χ4v) is 1.78. The fraction of sp³-hybridized carbons (Fsp3) is 0.533. The lowest BCUT2D eigenvalue weighted by Gasteiger charge is -2.21. The molecule has 0 atom stereocenters. The third-order valence-corrected chi connectivity index (χ3v) is 2.94. The van der Waals surface area contributed by atoms with Crippen LogP contribution in [0.5, 0.6) is 0 Å². The van der Waals surface area contributed by atoms with E-state index in [0.717, 1.165) is 12.0 Å². The van der Waals surface area contributed by atoms with Crippen molar-refractivity contribution in [2.45, 2.75) is 46.5 Å². The maximum Gasteiger partial charge on any atom is 0.313 e. The first-order chi connectivity index (χ1) is 7.63. The Hall–Kier alpha value is -1.31. The molecule has 1 aromatic rings. The van der Waals surface area contributed by atoms with Gasteiger partial charge in [0.1, 0.15) is 0 Å². The number of hydrogen-bond acceptors (Lipinski definition) is 1. The van der Waals surface area contributed by atoms with E-state index in [0.29, 0.717) is 0 Å². The maximum absolute atomic E-state index is 11.1. The summed E-state index contributed by atoms with van der Waals surface area (Å²) >= 11 is 0. The maximum atomic E-state index is 11.1. The molecule has 1 rings (SSSR count). The Balaban J connectivity index is 2.93. The highest BCUT2D eigenvalue weighted by atomic mass is 16.4. The van der Waals surface area contributed by atoms with E-state index >= 15 is 0 Å². The Morgan fingerprint density at radius 1 is 1.06 bits per heavy atom. The third kappa shape index (κ3) is 3.58. The highest BCUT2D eigenvalue weighted by Crippen LogP contribution is 2.26. The van der Waals surface area contributed by atoms with E-state index in [1.807, 2.05) is 24.3 Å². The van der Waals surface area contributed by atoms with E-state index in [2.05, 4.69) is 20.8 Å². The van der Waals surface area contributed by atoms with Gasteiger partial charge in [0, 0.05) is 0 Å². The quantitative estimate of drug-likeness (QED) is 0.867. The first-order valence-corrected chi connectivity index (χ1v) is 5.96. The van der Waals surface area contributed by atoms with Crippen molar-refractivity contribution in [3.05, 3.63) is 35.4 Å². The van der Waals surface area contributed by atoms with Gasteiger partial charge in [0.25, 0.3) is 0 Å². The monoisotopic (exact) mass is 234 g/mol. The van der Waals surface area contributed by atoms with Crippen LogP contribution in [0.15, 0.2) is 24.3 Å². The van der Waals surface area contributed by atoms with Gasteiger partial charge in [-0.3, -0.25) is 4.79 Å². The lowest BCUT2D eigenvalue weighted by Crippen LogP contribution is -2.28. The molecule has 1 aromatic carbocycles. The number of hydrogen-bond donors (Lipinski definition) is 1. The van der Waals surface area contributed by atoms with E-state index in [1.54, 1.807) is 13.8 Å². The predicted octanol–water partition coefficient (Wildman–Crippen LogP) is 3.64. The molecule has 2 heteroatoms. The Morgan fingerprint density at radius 3 is 1.88 bits per heavy atom. The van der Waals surface area contributed by atoms with E-state index in [-0.39, 0.29) is 5.41 Å². The minimum absolute atomic E-state index is 0.254. The van der Waals surface area contributed by atoms with Crippen LogP contribution in [0, 0.1) is 5.41 Å². The fourth-order valence-electron chi connectivity index (χ4n) is 1.78. The highest BCUT2D eigenvalue weighted by Gasteiger charge is 2.29. The summed E-state index contributed by atoms with van der Waals surface area (Å²) < 4.78 is 0. The third-order valence-electron chi connectivity index (χ3n) is 2.94. The summed E-state index contributed by atoms with van der Waals surface area (Å²) in [6.45, 7) is 10.1. The van der Waals surface area contributed by atoms with Crippen molar-refractivity contribution in [3.63, 3.8) is 0 Å². The predicted molar refractivity (Wildman–Crippen MR) is 70.3 cm³/mol. The molecule has 0 aromatic heterocycles. The van der Waals surface area contributed by atoms with Gasteiger partial charge in [-0.15, -0.1) is 0 Å². The molecule has 17 heavy (non-hydrogen) atoms. The molecule has 0 bridgehead atoms. The van der Waals surface area contributed by atoms with Crippen LogP contribution >= 0.6 is 0 Å². The van der Waals surface area contributed by atoms with Crippen molar-refractivity contribution in [1.82, 2.24) is 0 Å². The largest absolute Gasteiger partial charge is 0.481 e. The minimum Gasteiger partial charge on any atom is -0.481 e. The molecule has 0 fully saturated rings. The SMILES string of the molecule is CC(C)(C)Cc1ccc(C(C)(C)C(=O)O)cc1. The normalized spacial score (nSPS) is 12.5. The van der Waals surface area contributed by atoms with Gasteiger partial charge in [0.05, 0.1) is 5.41 Å². The molecule has 0 radical (unpaired) electrons. The second-order valence-corrected chi connectivity index (χ2v) is 6.36. The summed E-state index contributed by atoms with van der Waals surface area (Å²) in [5, 5.41) is 9.15. The van der Waals surface area contributed by atoms with Crippen LogP contribution in [0.1, 0.15) is 45.7 Å². The van der Waals surface area contributed by atoms with Crippen LogP contribution in [0.25, 0.3) is 0 Å². The van der Waals surface area contributed by atoms with Gasteiger partial charge < -0.3 is 5.11 Å². The second-order valence-electron chi connectivity index (χ2n) is 6.36. The van der Waals surface area contributed by atoms with Gasteiger partial charge in [0.15, 0.2) is 0 Å². The minimum atomic E-state index is -0.819. The van der Waals surface area contributed by atoms with Crippen LogP contribution in [0.2, 0.25) is 0 Å². The van der Waals surface area contributed by atoms with Crippen molar-refractivity contribution < 1.29 is 9.90 Å². The second kappa shape index (κ2) is 4.52. The Bertz CT molecular complexity index is 394. The first kappa shape index (κ1) is 13.8. The van der Waals surface area contributed by atoms with Gasteiger partial charge in [-0.2, -0.15) is 0 Å². The summed E-state index contributed by atoms with van der Waals surface area (Å²) in [4.78, 5) is 11.1. The van der Waals surface area contributed by atoms with Crippen molar-refractivity contribution in [3.8, 4) is 0 Å². The lowest BCUT2D eigenvalue weighted by atomic mass is 9.83. The topological polar surface area (TPSA) is 37.3 Å². The molecule has 0 spiro atoms. The molecular formula is C15H22O2. The number of carbonyl (C=O) groups is 1. The van der Waals surface area contributed by atoms with Crippen LogP contribution in [-0.4, -0.2) is 11.1 Å². The van der Waals surface area contributed by atoms with Gasteiger partial charge in [-0.25, -0.2) is 0 Å². The number of aliphatic carboxylic acids is 1. The molecule has 94 valence electrons. The van der Waals surface area contributed by atoms with E-state index < -0.39 is 11.4 Å². The van der Waals surface area contributed by atoms with E-state index in [4.69, 9.17) is 5.11 Å². The zero-order valence-electron chi connectivity index (χ0n) is 11.4. The molecule has 0 saturated carbocycles. The molecule has 0 saturated heterocycles. The van der Waals surface area contributed by atoms with Crippen molar-refractivity contribution in [2.24, 2.45) is 5.41 Å². The van der Waals surface area contributed by atoms with Crippen LogP contribution in [0.3, 0.4) is 0 Å². The lowest BCUT2D eigenvalue weighted by molar-refractivity contribution is -0.142. The van der Waals surface area contributed by atoms with E-state index in [1.165, 1.54) is 5.56 Å². The van der Waals surface area contributed by atoms with Crippen LogP contribution in [0.4, 0.5) is 0 Å². The summed E-state index contributed by atoms with van der Waals surface area (Å²) in [7, 11) is 0. The molecular weight excluding hydrogens is 212 g/mol. The van der Waals surface area contributed by atoms with Crippen LogP contribution in [-0.2, 0) is 16.6 Å². The van der Waals surface area contributed by atoms with E-state index in [9.17, 15) is 4.79 Å². The first-order valence-electron chi connectivity index (χ1n) is 5.96. The summed E-state index contributed by atoms with van der Waals surface area (Å²) in [6.07, 6.45) is 1.00. The molecule has 0 heterocycles. The molecule has 1 N–H and O–H groups in total. The average Bonchev–Trinajstić information content (AvgIpc) is 2.15. The number of rotatable bonds is 3. The molecule has 0 unspecified atom stereocenters. The zero-order valence-corrected chi connectivity index (χ0v) is 11.4. The number of carboxylic acids is 1. The van der Waals surface area contributed by atoms with Gasteiger partial charge >= 0.3 is 5.97 Å². The number of benzene rings is 1. The van der Waals surface area contributed by atoms with Crippen molar-refractivity contribution >= 4 is 5.97 Å². The molecule has 0 aliphatic carbocycles. The Labute approximate surface area is 104 Å². The standard InChI is InChI=1S/C15H22O2/c1-14(2,3)10-11-6-8-12(9-7-11)15(4,5)13(16)17/h6-9H,10H2,1-5H3,(H,16,17). The van der Waals surface area contributed by atoms with Gasteiger partial charge in [-0.1, -0.05) is 45.0 Å². The Kier molecular flexibility index (Phi) is 3.65. The molecule has 0 aliphatic rings. The summed E-state index contributed by atoms with van der Waals surface area (Å²) in [5.74, 6) is -0.791. The highest BCUT2D eigenvalue weighted by molar-refractivity contribution is 5.80. The van der Waals surface area contributed by atoms with Gasteiger partial charge in [0.2, 0.25) is 0 Å². The van der Waals surface area contributed by atoms with Crippen molar-refractivity contribution in [1.29, 1.82) is 0 Å². The zero-order chi connectivity index (χ0) is 13.3. The Morgan fingerprint density at radius 2 is 1.53 bits per heavy atom. The summed E-state index contributed by atoms with van der Waals surface area (Å²) in [6, 6.07) is 7.92. The average molecular weight is 234 g/mol.